The van der Waals surface area contributed by atoms with E-state index in [0.29, 0.717) is 29.8 Å². The highest BCUT2D eigenvalue weighted by Gasteiger charge is 2.26. The van der Waals surface area contributed by atoms with E-state index in [4.69, 9.17) is 16.3 Å². The van der Waals surface area contributed by atoms with Gasteiger partial charge >= 0.3 is 0 Å². The van der Waals surface area contributed by atoms with E-state index in [1.54, 1.807) is 19.1 Å². The number of benzene rings is 2. The Kier molecular flexibility index (Phi) is 8.52. The number of ether oxygens (including phenoxy) is 1. The lowest BCUT2D eigenvalue weighted by Gasteiger charge is -2.29. The van der Waals surface area contributed by atoms with Gasteiger partial charge in [0.05, 0.1) is 0 Å². The predicted molar refractivity (Wildman–Crippen MR) is 116 cm³/mol. The maximum Gasteiger partial charge on any atom is 0.261 e. The number of rotatable bonds is 9. The quantitative estimate of drug-likeness (QED) is 0.665. The van der Waals surface area contributed by atoms with Gasteiger partial charge in [-0.3, -0.25) is 9.59 Å². The molecule has 0 aliphatic rings. The summed E-state index contributed by atoms with van der Waals surface area (Å²) in [6, 6.07) is 14.1. The minimum absolute atomic E-state index is 0.140. The second-order valence-electron chi connectivity index (χ2n) is 7.57. The summed E-state index contributed by atoms with van der Waals surface area (Å²) in [6.45, 7) is 8.46. The summed E-state index contributed by atoms with van der Waals surface area (Å²) < 4.78 is 5.67. The summed E-state index contributed by atoms with van der Waals surface area (Å²) in [5.41, 5.74) is 1.94. The van der Waals surface area contributed by atoms with Gasteiger partial charge in [0.1, 0.15) is 11.8 Å². The van der Waals surface area contributed by atoms with Crippen LogP contribution in [0.1, 0.15) is 31.9 Å². The Labute approximate surface area is 178 Å². The molecule has 0 fully saturated rings. The van der Waals surface area contributed by atoms with Gasteiger partial charge in [0.2, 0.25) is 5.91 Å². The fraction of sp³-hybridized carbons (Fsp3) is 0.391. The maximum atomic E-state index is 13.0. The van der Waals surface area contributed by atoms with Crippen LogP contribution in [-0.4, -0.2) is 35.9 Å². The first-order valence-corrected chi connectivity index (χ1v) is 10.1. The van der Waals surface area contributed by atoms with Gasteiger partial charge in [-0.2, -0.15) is 0 Å². The monoisotopic (exact) mass is 416 g/mol. The first-order valence-electron chi connectivity index (χ1n) is 9.77. The number of carbonyl (C=O) groups excluding carboxylic acids is 2. The largest absolute Gasteiger partial charge is 0.484 e. The smallest absolute Gasteiger partial charge is 0.261 e. The van der Waals surface area contributed by atoms with Crippen LogP contribution in [0.2, 0.25) is 5.02 Å². The number of hydrogen-bond acceptors (Lipinski definition) is 3. The Morgan fingerprint density at radius 2 is 1.79 bits per heavy atom. The lowest BCUT2D eigenvalue weighted by atomic mass is 10.1. The molecule has 29 heavy (non-hydrogen) atoms. The molecule has 2 aromatic rings. The topological polar surface area (TPSA) is 58.6 Å². The Balaban J connectivity index is 2.12. The summed E-state index contributed by atoms with van der Waals surface area (Å²) >= 11 is 5.96. The third-order valence-corrected chi connectivity index (χ3v) is 4.72. The molecular formula is C23H29ClN2O3. The van der Waals surface area contributed by atoms with E-state index in [1.807, 2.05) is 57.2 Å². The summed E-state index contributed by atoms with van der Waals surface area (Å²) in [5, 5.41) is 3.52. The third-order valence-electron chi connectivity index (χ3n) is 4.47. The Morgan fingerprint density at radius 3 is 2.41 bits per heavy atom. The van der Waals surface area contributed by atoms with Crippen molar-refractivity contribution in [3.8, 4) is 5.75 Å². The van der Waals surface area contributed by atoms with Gasteiger partial charge in [0.15, 0.2) is 6.61 Å². The molecule has 0 aliphatic carbocycles. The van der Waals surface area contributed by atoms with Crippen LogP contribution in [-0.2, 0) is 16.1 Å². The molecule has 156 valence electrons. The van der Waals surface area contributed by atoms with Crippen LogP contribution < -0.4 is 10.1 Å². The van der Waals surface area contributed by atoms with Gasteiger partial charge < -0.3 is 15.0 Å². The average Bonchev–Trinajstić information content (AvgIpc) is 2.69. The minimum Gasteiger partial charge on any atom is -0.484 e. The van der Waals surface area contributed by atoms with Crippen molar-refractivity contribution < 1.29 is 14.3 Å². The maximum absolute atomic E-state index is 13.0. The van der Waals surface area contributed by atoms with E-state index >= 15 is 0 Å². The normalized spacial score (nSPS) is 11.8. The SMILES string of the molecule is Cc1cccc(OCC(=O)N(Cc2ccc(Cl)cc2)C(C)C(=O)NCC(C)C)c1. The number of nitrogens with one attached hydrogen (secondary N) is 1. The number of amides is 2. The molecular weight excluding hydrogens is 388 g/mol. The molecule has 2 aromatic carbocycles. The van der Waals surface area contributed by atoms with Crippen molar-refractivity contribution in [2.75, 3.05) is 13.2 Å². The molecule has 2 amide bonds. The third kappa shape index (κ3) is 7.42. The fourth-order valence-electron chi connectivity index (χ4n) is 2.75. The molecule has 0 saturated carbocycles. The number of carbonyl (C=O) groups is 2. The lowest BCUT2D eigenvalue weighted by molar-refractivity contribution is -0.142. The molecule has 0 aromatic heterocycles. The standard InChI is InChI=1S/C23H29ClN2O3/c1-16(2)13-25-23(28)18(4)26(14-19-8-10-20(24)11-9-19)22(27)15-29-21-7-5-6-17(3)12-21/h5-12,16,18H,13-15H2,1-4H3,(H,25,28). The molecule has 0 spiro atoms. The molecule has 1 unspecified atom stereocenters. The predicted octanol–water partition coefficient (Wildman–Crippen LogP) is 4.22. The summed E-state index contributed by atoms with van der Waals surface area (Å²) in [6.07, 6.45) is 0. The zero-order valence-corrected chi connectivity index (χ0v) is 18.2. The zero-order valence-electron chi connectivity index (χ0n) is 17.4. The van der Waals surface area contributed by atoms with Crippen molar-refractivity contribution in [2.45, 2.75) is 40.3 Å². The molecule has 0 radical (unpaired) electrons. The van der Waals surface area contributed by atoms with Crippen LogP contribution in [0.15, 0.2) is 48.5 Å². The van der Waals surface area contributed by atoms with Crippen molar-refractivity contribution in [3.05, 3.63) is 64.7 Å². The first kappa shape index (κ1) is 22.8. The van der Waals surface area contributed by atoms with E-state index in [-0.39, 0.29) is 18.4 Å². The van der Waals surface area contributed by atoms with Crippen molar-refractivity contribution in [1.29, 1.82) is 0 Å². The van der Waals surface area contributed by atoms with Gasteiger partial charge in [0.25, 0.3) is 5.91 Å². The van der Waals surface area contributed by atoms with Crippen molar-refractivity contribution in [1.82, 2.24) is 10.2 Å². The molecule has 6 heteroatoms. The summed E-state index contributed by atoms with van der Waals surface area (Å²) in [4.78, 5) is 27.1. The fourth-order valence-corrected chi connectivity index (χ4v) is 2.88. The summed E-state index contributed by atoms with van der Waals surface area (Å²) in [5.74, 6) is 0.517. The van der Waals surface area contributed by atoms with Gasteiger partial charge in [-0.25, -0.2) is 0 Å². The van der Waals surface area contributed by atoms with E-state index in [2.05, 4.69) is 5.32 Å². The first-order chi connectivity index (χ1) is 13.8. The highest BCUT2D eigenvalue weighted by molar-refractivity contribution is 6.30. The molecule has 5 nitrogen and oxygen atoms in total. The zero-order chi connectivity index (χ0) is 21.4. The van der Waals surface area contributed by atoms with E-state index in [9.17, 15) is 9.59 Å². The second kappa shape index (κ2) is 10.9. The molecule has 2 rings (SSSR count). The van der Waals surface area contributed by atoms with Crippen molar-refractivity contribution in [2.24, 2.45) is 5.92 Å². The average molecular weight is 417 g/mol. The van der Waals surface area contributed by atoms with E-state index < -0.39 is 6.04 Å². The van der Waals surface area contributed by atoms with Crippen LogP contribution >= 0.6 is 11.6 Å². The van der Waals surface area contributed by atoms with Crippen molar-refractivity contribution >= 4 is 23.4 Å². The molecule has 0 saturated heterocycles. The van der Waals surface area contributed by atoms with Gasteiger partial charge in [0, 0.05) is 18.1 Å². The highest BCUT2D eigenvalue weighted by atomic mass is 35.5. The van der Waals surface area contributed by atoms with Gasteiger partial charge in [-0.15, -0.1) is 0 Å². The molecule has 0 heterocycles. The highest BCUT2D eigenvalue weighted by Crippen LogP contribution is 2.16. The number of hydrogen-bond donors (Lipinski definition) is 1. The van der Waals surface area contributed by atoms with Crippen molar-refractivity contribution in [3.63, 3.8) is 0 Å². The molecule has 1 N–H and O–H groups in total. The Hall–Kier alpha value is -2.53. The molecule has 0 aliphatic heterocycles. The van der Waals surface area contributed by atoms with Crippen LogP contribution in [0, 0.1) is 12.8 Å². The van der Waals surface area contributed by atoms with E-state index in [1.165, 1.54) is 4.90 Å². The minimum atomic E-state index is -0.627. The van der Waals surface area contributed by atoms with Crippen LogP contribution in [0.3, 0.4) is 0 Å². The Morgan fingerprint density at radius 1 is 1.10 bits per heavy atom. The van der Waals surface area contributed by atoms with Crippen LogP contribution in [0.5, 0.6) is 5.75 Å². The van der Waals surface area contributed by atoms with E-state index in [0.717, 1.165) is 11.1 Å². The van der Waals surface area contributed by atoms with Crippen LogP contribution in [0.4, 0.5) is 0 Å². The number of aryl methyl sites for hydroxylation is 1. The van der Waals surface area contributed by atoms with Gasteiger partial charge in [-0.1, -0.05) is 49.7 Å². The number of nitrogens with zero attached hydrogens (tertiary/aromatic N) is 1. The summed E-state index contributed by atoms with van der Waals surface area (Å²) in [7, 11) is 0. The van der Waals surface area contributed by atoms with Gasteiger partial charge in [-0.05, 0) is 55.2 Å². The Bertz CT molecular complexity index is 821. The molecule has 1 atom stereocenters. The lowest BCUT2D eigenvalue weighted by Crippen LogP contribution is -2.49. The second-order valence-corrected chi connectivity index (χ2v) is 8.00. The molecule has 0 bridgehead atoms. The number of halogens is 1. The van der Waals surface area contributed by atoms with Crippen LogP contribution in [0.25, 0.3) is 0 Å².